The first kappa shape index (κ1) is 9.36. The van der Waals surface area contributed by atoms with Crippen LogP contribution in [-0.2, 0) is 0 Å². The Balaban J connectivity index is 2.71. The third-order valence-electron chi connectivity index (χ3n) is 1.24. The van der Waals surface area contributed by atoms with Crippen LogP contribution in [0.3, 0.4) is 0 Å². The van der Waals surface area contributed by atoms with Crippen LogP contribution >= 0.6 is 23.2 Å². The second-order valence-electron chi connectivity index (χ2n) is 2.07. The van der Waals surface area contributed by atoms with Gasteiger partial charge in [0, 0.05) is 5.56 Å². The van der Waals surface area contributed by atoms with E-state index in [1.807, 2.05) is 0 Å². The minimum Gasteiger partial charge on any atom is -0.461 e. The molecule has 0 N–H and O–H groups in total. The van der Waals surface area contributed by atoms with Gasteiger partial charge in [-0.15, -0.1) is 0 Å². The molecule has 1 aromatic rings. The van der Waals surface area contributed by atoms with Gasteiger partial charge >= 0.3 is 0 Å². The smallest absolute Gasteiger partial charge is 0.247 e. The highest BCUT2D eigenvalue weighted by Gasteiger charge is 1.99. The van der Waals surface area contributed by atoms with Gasteiger partial charge in [-0.05, 0) is 24.3 Å². The monoisotopic (exact) mass is 204 g/mol. The molecule has 0 fully saturated rings. The number of rotatable bonds is 3. The maximum absolute atomic E-state index is 10.2. The van der Waals surface area contributed by atoms with Crippen molar-refractivity contribution >= 4 is 29.5 Å². The summed E-state index contributed by atoms with van der Waals surface area (Å²) in [6, 6.07) is 6.50. The van der Waals surface area contributed by atoms with Gasteiger partial charge in [0.05, 0.1) is 0 Å². The molecule has 0 unspecified atom stereocenters. The first-order chi connectivity index (χ1) is 5.72. The number of alkyl halides is 2. The fourth-order valence-electron chi connectivity index (χ4n) is 0.728. The zero-order valence-electron chi connectivity index (χ0n) is 6.04. The minimum atomic E-state index is -0.882. The summed E-state index contributed by atoms with van der Waals surface area (Å²) >= 11 is 10.7. The van der Waals surface area contributed by atoms with Gasteiger partial charge in [-0.25, -0.2) is 0 Å². The maximum atomic E-state index is 10.2. The number of carbonyl (C=O) groups is 1. The fourth-order valence-corrected chi connectivity index (χ4v) is 0.934. The fraction of sp³-hybridized carbons (Fsp3) is 0.125. The van der Waals surface area contributed by atoms with E-state index < -0.39 is 5.02 Å². The Labute approximate surface area is 80.0 Å². The summed E-state index contributed by atoms with van der Waals surface area (Å²) < 4.78 is 4.93. The van der Waals surface area contributed by atoms with Gasteiger partial charge in [0.15, 0.2) is 0 Å². The molecule has 64 valence electrons. The van der Waals surface area contributed by atoms with E-state index in [0.29, 0.717) is 11.3 Å². The minimum absolute atomic E-state index is 0.538. The standard InChI is InChI=1S/C8H6Cl2O2/c9-8(10)12-7-3-1-6(5-11)2-4-7/h1-5,8H. The van der Waals surface area contributed by atoms with Crippen LogP contribution in [0.25, 0.3) is 0 Å². The van der Waals surface area contributed by atoms with E-state index in [2.05, 4.69) is 0 Å². The zero-order valence-corrected chi connectivity index (χ0v) is 7.55. The predicted octanol–water partition coefficient (Wildman–Crippen LogP) is 2.64. The van der Waals surface area contributed by atoms with Gasteiger partial charge in [-0.3, -0.25) is 4.79 Å². The lowest BCUT2D eigenvalue weighted by Crippen LogP contribution is -1.98. The first-order valence-electron chi connectivity index (χ1n) is 3.22. The Hall–Kier alpha value is -0.730. The molecule has 0 heterocycles. The van der Waals surface area contributed by atoms with E-state index in [0.717, 1.165) is 6.29 Å². The van der Waals surface area contributed by atoms with Crippen LogP contribution in [0.4, 0.5) is 0 Å². The molecule has 4 heteroatoms. The highest BCUT2D eigenvalue weighted by atomic mass is 35.5. The molecule has 0 spiro atoms. The zero-order chi connectivity index (χ0) is 8.97. The van der Waals surface area contributed by atoms with Gasteiger partial charge in [-0.2, -0.15) is 0 Å². The second-order valence-corrected chi connectivity index (χ2v) is 3.08. The van der Waals surface area contributed by atoms with Gasteiger partial charge in [0.25, 0.3) is 0 Å². The highest BCUT2D eigenvalue weighted by molar-refractivity contribution is 6.43. The normalized spacial score (nSPS) is 9.92. The van der Waals surface area contributed by atoms with E-state index in [-0.39, 0.29) is 0 Å². The molecule has 0 aliphatic carbocycles. The van der Waals surface area contributed by atoms with Crippen molar-refractivity contribution < 1.29 is 9.53 Å². The quantitative estimate of drug-likeness (QED) is 0.560. The molecule has 0 amide bonds. The Morgan fingerprint density at radius 1 is 1.25 bits per heavy atom. The Morgan fingerprint density at radius 2 is 1.83 bits per heavy atom. The number of hydrogen-bond donors (Lipinski definition) is 0. The number of aldehydes is 1. The number of carbonyl (C=O) groups excluding carboxylic acids is 1. The highest BCUT2D eigenvalue weighted by Crippen LogP contribution is 2.15. The van der Waals surface area contributed by atoms with Crippen molar-refractivity contribution in [1.82, 2.24) is 0 Å². The Bertz CT molecular complexity index is 256. The van der Waals surface area contributed by atoms with Crippen LogP contribution in [0.5, 0.6) is 5.75 Å². The molecule has 0 aliphatic heterocycles. The van der Waals surface area contributed by atoms with Crippen molar-refractivity contribution in [1.29, 1.82) is 0 Å². The number of ether oxygens (including phenoxy) is 1. The van der Waals surface area contributed by atoms with Gasteiger partial charge in [0.1, 0.15) is 12.0 Å². The first-order valence-corrected chi connectivity index (χ1v) is 4.09. The molecule has 0 aromatic heterocycles. The van der Waals surface area contributed by atoms with Crippen molar-refractivity contribution in [3.63, 3.8) is 0 Å². The summed E-state index contributed by atoms with van der Waals surface area (Å²) in [5.74, 6) is 0.538. The van der Waals surface area contributed by atoms with Crippen molar-refractivity contribution in [3.05, 3.63) is 29.8 Å². The predicted molar refractivity (Wildman–Crippen MR) is 48.0 cm³/mol. The largest absolute Gasteiger partial charge is 0.461 e. The molecule has 0 aliphatic rings. The van der Waals surface area contributed by atoms with E-state index in [1.165, 1.54) is 0 Å². The summed E-state index contributed by atoms with van der Waals surface area (Å²) in [6.07, 6.45) is 0.753. The lowest BCUT2D eigenvalue weighted by atomic mass is 10.2. The molecule has 0 atom stereocenters. The lowest BCUT2D eigenvalue weighted by molar-refractivity contribution is 0.112. The van der Waals surface area contributed by atoms with Gasteiger partial charge in [0.2, 0.25) is 5.02 Å². The van der Waals surface area contributed by atoms with Crippen LogP contribution < -0.4 is 4.74 Å². The molecule has 2 nitrogen and oxygen atoms in total. The van der Waals surface area contributed by atoms with Gasteiger partial charge < -0.3 is 4.74 Å². The molecule has 0 saturated carbocycles. The molecule has 0 radical (unpaired) electrons. The summed E-state index contributed by atoms with van der Waals surface area (Å²) in [7, 11) is 0. The van der Waals surface area contributed by atoms with E-state index in [9.17, 15) is 4.79 Å². The van der Waals surface area contributed by atoms with Crippen molar-refractivity contribution in [2.45, 2.75) is 5.02 Å². The van der Waals surface area contributed by atoms with Crippen LogP contribution in [0.1, 0.15) is 10.4 Å². The SMILES string of the molecule is O=Cc1ccc(OC(Cl)Cl)cc1. The third kappa shape index (κ3) is 2.72. The Kier molecular flexibility index (Phi) is 3.38. The topological polar surface area (TPSA) is 26.3 Å². The lowest BCUT2D eigenvalue weighted by Gasteiger charge is -2.04. The molecular formula is C8H6Cl2O2. The van der Waals surface area contributed by atoms with Crippen molar-refractivity contribution in [2.75, 3.05) is 0 Å². The second kappa shape index (κ2) is 4.33. The van der Waals surface area contributed by atoms with E-state index in [4.69, 9.17) is 27.9 Å². The number of hydrogen-bond acceptors (Lipinski definition) is 2. The van der Waals surface area contributed by atoms with Crippen LogP contribution in [0.2, 0.25) is 0 Å². The van der Waals surface area contributed by atoms with Gasteiger partial charge in [-0.1, -0.05) is 23.2 Å². The molecule has 0 bridgehead atoms. The van der Waals surface area contributed by atoms with Crippen molar-refractivity contribution in [3.8, 4) is 5.75 Å². The third-order valence-corrected chi connectivity index (χ3v) is 1.42. The summed E-state index contributed by atoms with van der Waals surface area (Å²) in [6.45, 7) is 0. The van der Waals surface area contributed by atoms with E-state index >= 15 is 0 Å². The summed E-state index contributed by atoms with van der Waals surface area (Å²) in [5.41, 5.74) is 0.586. The van der Waals surface area contributed by atoms with Crippen molar-refractivity contribution in [2.24, 2.45) is 0 Å². The maximum Gasteiger partial charge on any atom is 0.247 e. The number of benzene rings is 1. The molecule has 1 aromatic carbocycles. The molecule has 1 rings (SSSR count). The van der Waals surface area contributed by atoms with E-state index in [1.54, 1.807) is 24.3 Å². The number of halogens is 2. The van der Waals surface area contributed by atoms with Crippen LogP contribution in [0.15, 0.2) is 24.3 Å². The molecule has 12 heavy (non-hydrogen) atoms. The molecular weight excluding hydrogens is 199 g/mol. The molecule has 0 saturated heterocycles. The average molecular weight is 205 g/mol. The Morgan fingerprint density at radius 3 is 2.25 bits per heavy atom. The van der Waals surface area contributed by atoms with Crippen LogP contribution in [-0.4, -0.2) is 11.3 Å². The summed E-state index contributed by atoms with van der Waals surface area (Å²) in [4.78, 5) is 10.2. The average Bonchev–Trinajstić information content (AvgIpc) is 2.05. The summed E-state index contributed by atoms with van der Waals surface area (Å²) in [5, 5.41) is -0.882. The van der Waals surface area contributed by atoms with Crippen LogP contribution in [0, 0.1) is 0 Å².